The third-order valence-electron chi connectivity index (χ3n) is 5.97. The number of amides is 2. The number of hydrogen-bond acceptors (Lipinski definition) is 4. The van der Waals surface area contributed by atoms with Crippen molar-refractivity contribution in [1.29, 1.82) is 0 Å². The van der Waals surface area contributed by atoms with Crippen LogP contribution in [0.4, 0.5) is 5.69 Å². The molecule has 0 aliphatic carbocycles. The summed E-state index contributed by atoms with van der Waals surface area (Å²) >= 11 is 1.26. The number of benzene rings is 3. The lowest BCUT2D eigenvalue weighted by atomic mass is 10.0. The molecule has 0 saturated heterocycles. The highest BCUT2D eigenvalue weighted by Gasteiger charge is 2.32. The number of nitrogens with zero attached hydrogens (tertiary/aromatic N) is 2. The summed E-state index contributed by atoms with van der Waals surface area (Å²) in [4.78, 5) is 32.2. The number of thioether (sulfide) groups is 1. The molecular weight excluding hydrogens is 466 g/mol. The summed E-state index contributed by atoms with van der Waals surface area (Å²) in [6.07, 6.45) is 1.80. The van der Waals surface area contributed by atoms with Crippen molar-refractivity contribution in [3.63, 3.8) is 0 Å². The van der Waals surface area contributed by atoms with Crippen molar-refractivity contribution in [3.05, 3.63) is 106 Å². The Labute approximate surface area is 217 Å². The molecule has 0 aromatic heterocycles. The van der Waals surface area contributed by atoms with Crippen LogP contribution in [0.1, 0.15) is 47.6 Å². The quantitative estimate of drug-likeness (QED) is 0.394. The van der Waals surface area contributed by atoms with E-state index >= 15 is 0 Å². The second-order valence-corrected chi connectivity index (χ2v) is 10.2. The molecule has 4 rings (SSSR count). The average molecular weight is 498 g/mol. The first-order chi connectivity index (χ1) is 17.3. The number of hydrogen-bond donors (Lipinski definition) is 1. The molecule has 0 bridgehead atoms. The molecule has 5 nitrogen and oxygen atoms in total. The lowest BCUT2D eigenvalue weighted by molar-refractivity contribution is -0.118. The van der Waals surface area contributed by atoms with Crippen LogP contribution in [-0.4, -0.2) is 22.7 Å². The highest BCUT2D eigenvalue weighted by Crippen LogP contribution is 2.30. The van der Waals surface area contributed by atoms with Crippen LogP contribution in [-0.2, 0) is 16.1 Å². The van der Waals surface area contributed by atoms with Gasteiger partial charge in [-0.2, -0.15) is 0 Å². The van der Waals surface area contributed by atoms with Crippen LogP contribution in [0.2, 0.25) is 0 Å². The maximum Gasteiger partial charge on any atom is 0.283 e. The van der Waals surface area contributed by atoms with Gasteiger partial charge in [-0.3, -0.25) is 14.5 Å². The van der Waals surface area contributed by atoms with Crippen LogP contribution in [0.25, 0.3) is 6.08 Å². The SMILES string of the molecule is Cc1ccc(CNC(=O)CSC2=NC(=Cc3ccc(C(C)C)cc3)C(=O)N2c2ccc(C)cc2)cc1. The minimum Gasteiger partial charge on any atom is -0.351 e. The number of nitrogens with one attached hydrogen (secondary N) is 1. The first-order valence-electron chi connectivity index (χ1n) is 12.1. The van der Waals surface area contributed by atoms with Gasteiger partial charge in [0.25, 0.3) is 5.91 Å². The molecule has 0 atom stereocenters. The zero-order chi connectivity index (χ0) is 25.7. The van der Waals surface area contributed by atoms with E-state index in [2.05, 4.69) is 36.3 Å². The predicted molar refractivity (Wildman–Crippen MR) is 150 cm³/mol. The van der Waals surface area contributed by atoms with E-state index in [4.69, 9.17) is 0 Å². The monoisotopic (exact) mass is 497 g/mol. The Bertz CT molecular complexity index is 1290. The number of anilines is 1. The van der Waals surface area contributed by atoms with Crippen molar-refractivity contribution < 1.29 is 9.59 Å². The fourth-order valence-electron chi connectivity index (χ4n) is 3.74. The van der Waals surface area contributed by atoms with Crippen LogP contribution >= 0.6 is 11.8 Å². The van der Waals surface area contributed by atoms with Gasteiger partial charge in [0.15, 0.2) is 5.17 Å². The maximum absolute atomic E-state index is 13.4. The van der Waals surface area contributed by atoms with Crippen molar-refractivity contribution >= 4 is 40.5 Å². The molecule has 0 spiro atoms. The molecular formula is C30H31N3O2S. The highest BCUT2D eigenvalue weighted by atomic mass is 32.2. The van der Waals surface area contributed by atoms with Crippen LogP contribution in [0.3, 0.4) is 0 Å². The Hall–Kier alpha value is -3.64. The van der Waals surface area contributed by atoms with Gasteiger partial charge in [0.1, 0.15) is 5.70 Å². The molecule has 1 aliphatic rings. The molecule has 0 saturated carbocycles. The van der Waals surface area contributed by atoms with Crippen molar-refractivity contribution in [1.82, 2.24) is 5.32 Å². The van der Waals surface area contributed by atoms with Gasteiger partial charge in [-0.15, -0.1) is 0 Å². The molecule has 36 heavy (non-hydrogen) atoms. The van der Waals surface area contributed by atoms with Gasteiger partial charge in [-0.1, -0.05) is 97.4 Å². The van der Waals surface area contributed by atoms with Crippen molar-refractivity contribution in [3.8, 4) is 0 Å². The standard InChI is InChI=1S/C30H31N3O2S/c1-20(2)25-13-11-23(12-14-25)17-27-29(35)33(26-15-7-22(4)8-16-26)30(32-27)36-19-28(34)31-18-24-9-5-21(3)6-10-24/h5-17,20H,18-19H2,1-4H3,(H,31,34). The number of carbonyl (C=O) groups is 2. The highest BCUT2D eigenvalue weighted by molar-refractivity contribution is 8.14. The molecule has 6 heteroatoms. The number of aryl methyl sites for hydroxylation is 2. The zero-order valence-electron chi connectivity index (χ0n) is 21.1. The van der Waals surface area contributed by atoms with Crippen LogP contribution < -0.4 is 10.2 Å². The van der Waals surface area contributed by atoms with Crippen LogP contribution in [0, 0.1) is 13.8 Å². The fourth-order valence-corrected chi connectivity index (χ4v) is 4.58. The van der Waals surface area contributed by atoms with Gasteiger partial charge in [-0.05, 0) is 54.7 Å². The van der Waals surface area contributed by atoms with Crippen LogP contribution in [0.5, 0.6) is 0 Å². The number of rotatable bonds is 7. The van der Waals surface area contributed by atoms with E-state index in [1.807, 2.05) is 74.5 Å². The predicted octanol–water partition coefficient (Wildman–Crippen LogP) is 6.22. The topological polar surface area (TPSA) is 61.8 Å². The van der Waals surface area contributed by atoms with Crippen molar-refractivity contribution in [2.24, 2.45) is 4.99 Å². The van der Waals surface area contributed by atoms with Gasteiger partial charge < -0.3 is 5.32 Å². The average Bonchev–Trinajstić information content (AvgIpc) is 3.18. The summed E-state index contributed by atoms with van der Waals surface area (Å²) in [7, 11) is 0. The molecule has 0 fully saturated rings. The van der Waals surface area contributed by atoms with E-state index in [9.17, 15) is 9.59 Å². The first-order valence-corrected chi connectivity index (χ1v) is 13.1. The normalized spacial score (nSPS) is 14.5. The fraction of sp³-hybridized carbons (Fsp3) is 0.233. The summed E-state index contributed by atoms with van der Waals surface area (Å²) in [5.41, 5.74) is 6.58. The smallest absolute Gasteiger partial charge is 0.283 e. The Morgan fingerprint density at radius 3 is 2.17 bits per heavy atom. The number of aliphatic imine (C=N–C) groups is 1. The van der Waals surface area contributed by atoms with Gasteiger partial charge >= 0.3 is 0 Å². The molecule has 2 amide bonds. The second-order valence-electron chi connectivity index (χ2n) is 9.27. The maximum atomic E-state index is 13.4. The molecule has 184 valence electrons. The molecule has 1 aliphatic heterocycles. The second kappa shape index (κ2) is 11.4. The van der Waals surface area contributed by atoms with Gasteiger partial charge in [0, 0.05) is 6.54 Å². The molecule has 3 aromatic carbocycles. The van der Waals surface area contributed by atoms with Crippen molar-refractivity contribution in [2.45, 2.75) is 40.2 Å². The minimum absolute atomic E-state index is 0.110. The van der Waals surface area contributed by atoms with E-state index < -0.39 is 0 Å². The summed E-state index contributed by atoms with van der Waals surface area (Å²) in [5, 5.41) is 3.45. The van der Waals surface area contributed by atoms with E-state index in [1.54, 1.807) is 11.0 Å². The summed E-state index contributed by atoms with van der Waals surface area (Å²) in [5.74, 6) is 0.294. The number of carbonyl (C=O) groups excluding carboxylic acids is 2. The van der Waals surface area contributed by atoms with Gasteiger partial charge in [0.05, 0.1) is 11.4 Å². The Balaban J connectivity index is 1.51. The van der Waals surface area contributed by atoms with Crippen LogP contribution in [0.15, 0.2) is 83.5 Å². The summed E-state index contributed by atoms with van der Waals surface area (Å²) in [6.45, 7) is 8.80. The molecule has 1 N–H and O–H groups in total. The lowest BCUT2D eigenvalue weighted by Crippen LogP contribution is -2.32. The summed E-state index contributed by atoms with van der Waals surface area (Å²) < 4.78 is 0. The van der Waals surface area contributed by atoms with E-state index in [1.165, 1.54) is 22.9 Å². The van der Waals surface area contributed by atoms with E-state index in [-0.39, 0.29) is 17.6 Å². The number of amidine groups is 1. The van der Waals surface area contributed by atoms with Crippen molar-refractivity contribution in [2.75, 3.05) is 10.7 Å². The zero-order valence-corrected chi connectivity index (χ0v) is 21.9. The molecule has 0 radical (unpaired) electrons. The minimum atomic E-state index is -0.200. The van der Waals surface area contributed by atoms with E-state index in [0.717, 1.165) is 22.4 Å². The molecule has 0 unspecified atom stereocenters. The Morgan fingerprint density at radius 1 is 0.944 bits per heavy atom. The Kier molecular flexibility index (Phi) is 8.06. The third kappa shape index (κ3) is 6.32. The Morgan fingerprint density at radius 2 is 1.56 bits per heavy atom. The van der Waals surface area contributed by atoms with E-state index in [0.29, 0.717) is 23.3 Å². The van der Waals surface area contributed by atoms with Gasteiger partial charge in [-0.25, -0.2) is 4.99 Å². The largest absolute Gasteiger partial charge is 0.351 e. The third-order valence-corrected chi connectivity index (χ3v) is 6.91. The van der Waals surface area contributed by atoms with Gasteiger partial charge in [0.2, 0.25) is 5.91 Å². The lowest BCUT2D eigenvalue weighted by Gasteiger charge is -2.18. The summed E-state index contributed by atoms with van der Waals surface area (Å²) in [6, 6.07) is 24.0. The molecule has 3 aromatic rings. The molecule has 1 heterocycles. The first kappa shape index (κ1) is 25.5.